The Morgan fingerprint density at radius 3 is 1.85 bits per heavy atom. The second-order valence-corrected chi connectivity index (χ2v) is 14.5. The van der Waals surface area contributed by atoms with Gasteiger partial charge in [-0.15, -0.1) is 0 Å². The number of nitrogens with one attached hydrogen (secondary N) is 1. The van der Waals surface area contributed by atoms with Gasteiger partial charge in [0.1, 0.15) is 30.9 Å². The molecule has 3 aromatic carbocycles. The lowest BCUT2D eigenvalue weighted by Gasteiger charge is -2.49. The van der Waals surface area contributed by atoms with Gasteiger partial charge in [-0.1, -0.05) is 96.1 Å². The lowest BCUT2D eigenvalue weighted by Crippen LogP contribution is -2.67. The molecule has 60 heavy (non-hydrogen) atoms. The predicted molar refractivity (Wildman–Crippen MR) is 214 cm³/mol. The highest BCUT2D eigenvalue weighted by Gasteiger charge is 2.53. The molecule has 2 saturated heterocycles. The normalized spacial score (nSPS) is 26.1. The molecule has 2 aliphatic rings. The molecule has 0 aliphatic carbocycles. The van der Waals surface area contributed by atoms with E-state index in [1.165, 1.54) is 20.8 Å². The zero-order valence-corrected chi connectivity index (χ0v) is 34.4. The first kappa shape index (κ1) is 45.5. The van der Waals surface area contributed by atoms with E-state index in [2.05, 4.69) is 15.3 Å². The summed E-state index contributed by atoms with van der Waals surface area (Å²) >= 11 is 0. The number of amides is 2. The first-order chi connectivity index (χ1) is 28.9. The van der Waals surface area contributed by atoms with Gasteiger partial charge in [0.2, 0.25) is 5.91 Å². The van der Waals surface area contributed by atoms with Crippen LogP contribution in [0.5, 0.6) is 0 Å². The van der Waals surface area contributed by atoms with E-state index >= 15 is 0 Å². The van der Waals surface area contributed by atoms with Gasteiger partial charge in [0, 0.05) is 38.8 Å². The van der Waals surface area contributed by atoms with Crippen LogP contribution in [0.15, 0.2) is 96.1 Å². The van der Waals surface area contributed by atoms with E-state index in [1.54, 1.807) is 18.7 Å². The maximum absolute atomic E-state index is 13.4. The number of carbonyl (C=O) groups is 4. The van der Waals surface area contributed by atoms with E-state index in [1.807, 2.05) is 91.0 Å². The van der Waals surface area contributed by atoms with Gasteiger partial charge in [-0.2, -0.15) is 0 Å². The van der Waals surface area contributed by atoms with Crippen molar-refractivity contribution in [2.75, 3.05) is 13.2 Å². The Morgan fingerprint density at radius 1 is 0.717 bits per heavy atom. The van der Waals surface area contributed by atoms with Gasteiger partial charge in [0.15, 0.2) is 24.8 Å². The van der Waals surface area contributed by atoms with Gasteiger partial charge >= 0.3 is 18.0 Å². The highest BCUT2D eigenvalue weighted by Crippen LogP contribution is 2.34. The number of azide groups is 1. The Kier molecular flexibility index (Phi) is 17.2. The summed E-state index contributed by atoms with van der Waals surface area (Å²) < 4.78 is 48.8. The van der Waals surface area contributed by atoms with Gasteiger partial charge in [-0.05, 0) is 42.5 Å². The summed E-state index contributed by atoms with van der Waals surface area (Å²) in [4.78, 5) is 55.2. The molecule has 2 amide bonds. The summed E-state index contributed by atoms with van der Waals surface area (Å²) in [6, 6.07) is 26.0. The quantitative estimate of drug-likeness (QED) is 0.0407. The van der Waals surface area contributed by atoms with Crippen molar-refractivity contribution in [1.29, 1.82) is 0 Å². The van der Waals surface area contributed by atoms with Gasteiger partial charge in [0.05, 0.1) is 25.4 Å². The van der Waals surface area contributed by atoms with Gasteiger partial charge < -0.3 is 48.1 Å². The average molecular weight is 832 g/mol. The smallest absolute Gasteiger partial charge is 0.410 e. The topological polar surface area (TPSA) is 206 Å². The monoisotopic (exact) mass is 831 g/mol. The van der Waals surface area contributed by atoms with Crippen molar-refractivity contribution in [3.63, 3.8) is 0 Å². The number of esters is 2. The highest BCUT2D eigenvalue weighted by atomic mass is 16.7. The number of hydrogen-bond acceptors (Lipinski definition) is 13. The summed E-state index contributed by atoms with van der Waals surface area (Å²) in [5, 5.41) is 6.78. The number of hydrogen-bond donors (Lipinski definition) is 1. The molecule has 17 nitrogen and oxygen atoms in total. The third-order valence-electron chi connectivity index (χ3n) is 9.80. The van der Waals surface area contributed by atoms with E-state index in [0.29, 0.717) is 13.0 Å². The lowest BCUT2D eigenvalue weighted by atomic mass is 9.94. The number of nitrogens with zero attached hydrogens (tertiary/aromatic N) is 4. The number of rotatable bonds is 18. The molecule has 10 atom stereocenters. The third-order valence-corrected chi connectivity index (χ3v) is 9.80. The maximum atomic E-state index is 13.4. The van der Waals surface area contributed by atoms with E-state index in [-0.39, 0.29) is 26.4 Å². The largest absolute Gasteiger partial charge is 0.458 e. The molecule has 0 bridgehead atoms. The predicted octanol–water partition coefficient (Wildman–Crippen LogP) is 5.74. The van der Waals surface area contributed by atoms with E-state index in [9.17, 15) is 24.7 Å². The second kappa shape index (κ2) is 22.7. The van der Waals surface area contributed by atoms with Crippen molar-refractivity contribution in [3.8, 4) is 0 Å². The van der Waals surface area contributed by atoms with Crippen molar-refractivity contribution in [1.82, 2.24) is 10.2 Å². The average Bonchev–Trinajstić information content (AvgIpc) is 3.22. The molecule has 1 N–H and O–H groups in total. The minimum absolute atomic E-state index is 0.0872. The van der Waals surface area contributed by atoms with Gasteiger partial charge in [-0.25, -0.2) is 4.79 Å². The van der Waals surface area contributed by atoms with Crippen LogP contribution in [-0.4, -0.2) is 103 Å². The molecule has 5 rings (SSSR count). The molecule has 1 unspecified atom stereocenters. The minimum atomic E-state index is -1.39. The molecule has 3 aromatic rings. The summed E-state index contributed by atoms with van der Waals surface area (Å²) in [6.07, 6.45) is -8.61. The van der Waals surface area contributed by atoms with Crippen molar-refractivity contribution in [3.05, 3.63) is 118 Å². The molecule has 2 aliphatic heterocycles. The Balaban J connectivity index is 1.37. The van der Waals surface area contributed by atoms with E-state index < -0.39 is 85.2 Å². The molecule has 322 valence electrons. The summed E-state index contributed by atoms with van der Waals surface area (Å²) in [7, 11) is 0. The minimum Gasteiger partial charge on any atom is -0.458 e. The number of ether oxygens (including phenoxy) is 8. The molecule has 0 saturated carbocycles. The second-order valence-electron chi connectivity index (χ2n) is 14.5. The highest BCUT2D eigenvalue weighted by molar-refractivity contribution is 5.73. The Morgan fingerprint density at radius 2 is 1.27 bits per heavy atom. The van der Waals surface area contributed by atoms with Crippen LogP contribution in [-0.2, 0) is 72.0 Å². The van der Waals surface area contributed by atoms with Gasteiger partial charge in [0.25, 0.3) is 0 Å². The zero-order valence-electron chi connectivity index (χ0n) is 34.4. The fourth-order valence-electron chi connectivity index (χ4n) is 7.11. The first-order valence-electron chi connectivity index (χ1n) is 19.8. The number of carbonyl (C=O) groups excluding carboxylic acids is 4. The first-order valence-corrected chi connectivity index (χ1v) is 19.8. The van der Waals surface area contributed by atoms with Crippen molar-refractivity contribution >= 4 is 23.9 Å². The zero-order chi connectivity index (χ0) is 43.0. The van der Waals surface area contributed by atoms with Crippen LogP contribution in [0.1, 0.15) is 57.7 Å². The summed E-state index contributed by atoms with van der Waals surface area (Å²) in [5.74, 6) is -1.82. The van der Waals surface area contributed by atoms with Crippen LogP contribution in [0.2, 0.25) is 0 Å². The van der Waals surface area contributed by atoms with E-state index in [4.69, 9.17) is 37.9 Å². The number of benzene rings is 3. The molecule has 0 spiro atoms. The van der Waals surface area contributed by atoms with Crippen molar-refractivity contribution in [2.45, 2.75) is 122 Å². The standard InChI is InChI=1S/C43H53N5O12/c1-27-37(54-25-33-18-11-7-12-19-33)39(60-42-36(46-47-44)40(59-31(5)51)38(28(2)57-42)58-30(4)50)35(45-29(3)49)41(56-27)53-23-15-22-48(24-32-16-9-6-10-17-32)43(52)55-26-34-20-13-8-14-21-34/h6-14,16-21,27-28,35-42H,15,22-26H2,1-5H3,(H,45,49)/t27-,28+,35-,36+,37-,38-,39-,40+,41+,42?/m1/s1. The molecular formula is C43H53N5O12. The van der Waals surface area contributed by atoms with Crippen LogP contribution in [0.4, 0.5) is 4.79 Å². The van der Waals surface area contributed by atoms with Crippen LogP contribution in [0, 0.1) is 0 Å². The molecule has 2 heterocycles. The van der Waals surface area contributed by atoms with Crippen molar-refractivity contribution in [2.24, 2.45) is 5.11 Å². The maximum Gasteiger partial charge on any atom is 0.410 e. The van der Waals surface area contributed by atoms with Crippen molar-refractivity contribution < 1.29 is 57.1 Å². The summed E-state index contributed by atoms with van der Waals surface area (Å²) in [5.41, 5.74) is 12.3. The Labute approximate surface area is 349 Å². The fraction of sp³-hybridized carbons (Fsp3) is 0.488. The molecule has 17 heteroatoms. The Bertz CT molecular complexity index is 1890. The molecule has 2 fully saturated rings. The van der Waals surface area contributed by atoms with Gasteiger partial charge in [-0.3, -0.25) is 14.4 Å². The molecular weight excluding hydrogens is 778 g/mol. The lowest BCUT2D eigenvalue weighted by molar-refractivity contribution is -0.325. The molecule has 0 aromatic heterocycles. The SMILES string of the molecule is CC(=O)N[C@H]1[C@@H](OCCCN(Cc2ccccc2)C(=O)OCc2ccccc2)O[C@H](C)[C@@H](OCc2ccccc2)[C@@H]1OC1O[C@@H](C)[C@@H](OC(C)=O)[C@@H](OC(C)=O)[C@@H]1N=[N+]=[N-]. The van der Waals surface area contributed by atoms with Crippen LogP contribution >= 0.6 is 0 Å². The fourth-order valence-corrected chi connectivity index (χ4v) is 7.11. The van der Waals surface area contributed by atoms with Crippen LogP contribution in [0.25, 0.3) is 10.4 Å². The van der Waals surface area contributed by atoms with E-state index in [0.717, 1.165) is 16.7 Å². The summed E-state index contributed by atoms with van der Waals surface area (Å²) in [6.45, 7) is 7.96. The van der Waals surface area contributed by atoms with Crippen LogP contribution in [0.3, 0.4) is 0 Å². The Hall–Kier alpha value is -5.55. The molecule has 0 radical (unpaired) electrons. The van der Waals surface area contributed by atoms with Crippen LogP contribution < -0.4 is 5.32 Å². The third kappa shape index (κ3) is 13.2.